The van der Waals surface area contributed by atoms with Crippen molar-refractivity contribution >= 4 is 90.2 Å². The van der Waals surface area contributed by atoms with E-state index in [1.165, 1.54) is 167 Å². The van der Waals surface area contributed by atoms with Crippen molar-refractivity contribution in [1.29, 1.82) is 0 Å². The monoisotopic (exact) mass is 1570 g/mol. The Labute approximate surface area is 687 Å². The minimum atomic E-state index is -1.89. The minimum Gasteiger partial charge on any atom is -1.00 e. The van der Waals surface area contributed by atoms with Crippen LogP contribution in [0.3, 0.4) is 0 Å². The summed E-state index contributed by atoms with van der Waals surface area (Å²) in [6.07, 6.45) is 46.8. The van der Waals surface area contributed by atoms with Crippen LogP contribution >= 0.6 is 7.26 Å². The molecule has 11 rings (SSSR count). The van der Waals surface area contributed by atoms with Crippen LogP contribution in [0.15, 0.2) is 285 Å². The molecule has 0 saturated carbocycles. The molecule has 0 radical (unpaired) electrons. The number of rotatable bonds is 40. The number of carbonyl (C=O) groups excluding carboxylic acids is 1. The van der Waals surface area contributed by atoms with E-state index < -0.39 is 7.26 Å². The average Bonchev–Trinajstić information content (AvgIpc) is 0.752. The van der Waals surface area contributed by atoms with E-state index in [0.717, 1.165) is 74.0 Å². The molecule has 0 unspecified atom stereocenters. The second kappa shape index (κ2) is 51.8. The van der Waals surface area contributed by atoms with E-state index in [1.54, 1.807) is 0 Å². The number of unbranched alkanes of at least 4 members (excludes halogenated alkanes) is 14. The summed E-state index contributed by atoms with van der Waals surface area (Å²) in [7, 11) is -1.89. The van der Waals surface area contributed by atoms with Gasteiger partial charge in [-0.1, -0.05) is 424 Å². The average molecular weight is 1570 g/mol. The molecule has 0 aliphatic heterocycles. The highest BCUT2D eigenvalue weighted by atomic mass is 79.9. The van der Waals surface area contributed by atoms with Crippen molar-refractivity contribution in [1.82, 2.24) is 0 Å². The first-order valence-corrected chi connectivity index (χ1v) is 42.9. The molecule has 11 aromatic carbocycles. The lowest BCUT2D eigenvalue weighted by molar-refractivity contribution is -0.0000294. The number of carbonyl (C=O) groups is 1. The Morgan fingerprint density at radius 3 is 0.723 bits per heavy atom. The summed E-state index contributed by atoms with van der Waals surface area (Å²) < 4.78 is 11.8. The molecule has 0 aromatic heterocycles. The molecule has 0 aliphatic rings. The van der Waals surface area contributed by atoms with Crippen molar-refractivity contribution in [3.05, 3.63) is 363 Å². The van der Waals surface area contributed by atoms with Crippen LogP contribution in [0.2, 0.25) is 0 Å². The molecule has 582 valence electrons. The van der Waals surface area contributed by atoms with Crippen LogP contribution in [0.4, 0.5) is 0 Å². The highest BCUT2D eigenvalue weighted by Crippen LogP contribution is 2.58. The van der Waals surface area contributed by atoms with Gasteiger partial charge in [0.05, 0.1) is 19.4 Å². The smallest absolute Gasteiger partial charge is 0.150 e. The lowest BCUT2D eigenvalue weighted by Gasteiger charge is -2.28. The fourth-order valence-electron chi connectivity index (χ4n) is 13.5. The van der Waals surface area contributed by atoms with Crippen LogP contribution in [-0.2, 0) is 19.0 Å². The maximum absolute atomic E-state index is 10.7. The van der Waals surface area contributed by atoms with Gasteiger partial charge in [0.15, 0.2) is 0 Å². The Hall–Kier alpha value is -9.70. The number of benzene rings is 11. The molecule has 11 aromatic rings. The van der Waals surface area contributed by atoms with E-state index in [-0.39, 0.29) is 24.4 Å². The largest absolute Gasteiger partial charge is 1.00 e. The lowest BCUT2D eigenvalue weighted by Crippen LogP contribution is -3.00. The zero-order valence-electron chi connectivity index (χ0n) is 67.0. The number of ether oxygens (including phenoxy) is 2. The van der Waals surface area contributed by atoms with Gasteiger partial charge in [0.25, 0.3) is 0 Å². The van der Waals surface area contributed by atoms with Crippen molar-refractivity contribution in [3.8, 4) is 11.5 Å². The fourth-order valence-corrected chi connectivity index (χ4v) is 17.8. The van der Waals surface area contributed by atoms with Crippen molar-refractivity contribution in [2.75, 3.05) is 13.2 Å². The molecule has 112 heavy (non-hydrogen) atoms. The van der Waals surface area contributed by atoms with Crippen molar-refractivity contribution in [3.63, 3.8) is 0 Å². The van der Waals surface area contributed by atoms with Gasteiger partial charge in [-0.3, -0.25) is 4.79 Å². The van der Waals surface area contributed by atoms with Crippen molar-refractivity contribution in [2.45, 2.75) is 171 Å². The summed E-state index contributed by atoms with van der Waals surface area (Å²) in [5.41, 5.74) is 16.7. The molecule has 0 atom stereocenters. The van der Waals surface area contributed by atoms with Gasteiger partial charge in [-0.25, -0.2) is 0 Å². The molecule has 0 bridgehead atoms. The summed E-state index contributed by atoms with van der Waals surface area (Å²) in [5.74, 6) is 3.26. The predicted molar refractivity (Wildman–Crippen MR) is 490 cm³/mol. The van der Waals surface area contributed by atoms with Crippen LogP contribution < -0.4 is 42.4 Å². The third-order valence-corrected chi connectivity index (χ3v) is 24.2. The summed E-state index contributed by atoms with van der Waals surface area (Å²) in [5, 5.41) is 4.26. The quantitative estimate of drug-likeness (QED) is 0.0166. The SMILES string of the molecule is C.CC(C)Cc1ccc(C=Cc2ccc(C[P+](c3ccccc3)(c3ccccc3)c3ccccc3)cc2)cc1.CCCCCCCCCCOc1ccc(C=Cc2ccc(C=Cc3ccc(C=Cc4ccc(CC(C)C)cc4)cc3)cc2)cc1.CCCCCCCCCCOc1ccc(C=Cc2ccc(C=O)cc2)cc1.[Br-]. The molecule has 0 saturated heterocycles. The molecular weight excluding hydrogens is 1440 g/mol. The van der Waals surface area contributed by atoms with Gasteiger partial charge in [0, 0.05) is 5.56 Å². The summed E-state index contributed by atoms with van der Waals surface area (Å²) in [6.45, 7) is 15.2. The first kappa shape index (κ1) is 89.5. The van der Waals surface area contributed by atoms with Gasteiger partial charge in [-0.05, 0) is 171 Å². The Kier molecular flexibility index (Phi) is 41.4. The highest BCUT2D eigenvalue weighted by Gasteiger charge is 2.45. The third kappa shape index (κ3) is 32.6. The summed E-state index contributed by atoms with van der Waals surface area (Å²) in [6, 6.07) is 102. The molecule has 5 heteroatoms. The maximum Gasteiger partial charge on any atom is 0.150 e. The highest BCUT2D eigenvalue weighted by molar-refractivity contribution is 7.95. The number of hydrogen-bond acceptors (Lipinski definition) is 3. The van der Waals surface area contributed by atoms with Gasteiger partial charge in [-0.2, -0.15) is 0 Å². The lowest BCUT2D eigenvalue weighted by atomic mass is 10.0. The normalized spacial score (nSPS) is 11.4. The van der Waals surface area contributed by atoms with Crippen LogP contribution in [-0.4, -0.2) is 19.5 Å². The molecular formula is C107H124BrO3P. The molecule has 0 fully saturated rings. The van der Waals surface area contributed by atoms with E-state index in [2.05, 4.69) is 345 Å². The zero-order chi connectivity index (χ0) is 76.9. The van der Waals surface area contributed by atoms with Gasteiger partial charge >= 0.3 is 0 Å². The Morgan fingerprint density at radius 1 is 0.268 bits per heavy atom. The van der Waals surface area contributed by atoms with Gasteiger partial charge in [0.1, 0.15) is 41.0 Å². The number of hydrogen-bond donors (Lipinski definition) is 0. The minimum absolute atomic E-state index is 0. The second-order valence-corrected chi connectivity index (χ2v) is 33.4. The van der Waals surface area contributed by atoms with Gasteiger partial charge in [0.2, 0.25) is 0 Å². The van der Waals surface area contributed by atoms with E-state index in [0.29, 0.717) is 17.4 Å². The van der Waals surface area contributed by atoms with Crippen LogP contribution in [0.5, 0.6) is 11.5 Å². The molecule has 0 heterocycles. The predicted octanol–water partition coefficient (Wildman–Crippen LogP) is 26.3. The summed E-state index contributed by atoms with van der Waals surface area (Å²) >= 11 is 0. The maximum atomic E-state index is 10.7. The Bertz CT molecular complexity index is 4370. The number of aldehydes is 1. The molecule has 0 spiro atoms. The fraction of sp³-hybridized carbons (Fsp3) is 0.280. The second-order valence-electron chi connectivity index (χ2n) is 30.0. The van der Waals surface area contributed by atoms with E-state index in [1.807, 2.05) is 42.5 Å². The van der Waals surface area contributed by atoms with Crippen molar-refractivity contribution < 1.29 is 31.2 Å². The molecule has 0 N–H and O–H groups in total. The molecule has 0 amide bonds. The van der Waals surface area contributed by atoms with Gasteiger partial charge < -0.3 is 26.5 Å². The van der Waals surface area contributed by atoms with Crippen molar-refractivity contribution in [2.24, 2.45) is 11.8 Å². The van der Waals surface area contributed by atoms with E-state index in [9.17, 15) is 4.79 Å². The molecule has 3 nitrogen and oxygen atoms in total. The van der Waals surface area contributed by atoms with Crippen LogP contribution in [0, 0.1) is 11.8 Å². The topological polar surface area (TPSA) is 35.5 Å². The zero-order valence-corrected chi connectivity index (χ0v) is 69.5. The van der Waals surface area contributed by atoms with E-state index in [4.69, 9.17) is 9.47 Å². The molecule has 0 aliphatic carbocycles. The van der Waals surface area contributed by atoms with Gasteiger partial charge in [-0.15, -0.1) is 0 Å². The number of halogens is 1. The van der Waals surface area contributed by atoms with Crippen LogP contribution in [0.25, 0.3) is 60.8 Å². The summed E-state index contributed by atoms with van der Waals surface area (Å²) in [4.78, 5) is 10.7. The Balaban J connectivity index is 0.000000238. The first-order chi connectivity index (χ1) is 54.0. The van der Waals surface area contributed by atoms with E-state index >= 15 is 0 Å². The van der Waals surface area contributed by atoms with Crippen LogP contribution in [0.1, 0.15) is 234 Å². The first-order valence-electron chi connectivity index (χ1n) is 41.0. The standard InChI is InChI=1S/C44H52O.C37H36P.C25H32O2.CH4.BrH/c1-4-5-6-7-8-9-10-11-34-45-44-32-30-42(31-33-44)25-24-40-20-18-38(19-21-40)13-12-37-14-16-39(17-15-37)22-23-41-26-28-43(29-27-41)35-36(2)3;1-30(2)28-33-24-20-31(21-25-33)18-19-32-22-26-34(27-23-32)29-38(35-12-6-3-7-13-35,36-14-8-4-9-15-36)37-16-10-5-11-17-37;1-2-3-4-5-6-7-8-9-20-27-25-18-16-23(17-19-25)11-10-22-12-14-24(21-26)15-13-22;;/h12-33,36H,4-11,34-35H2,1-3H3;3-27,30H,28-29H2,1-2H3;10-19,21H,2-9,20H2,1H3;1H4;1H/q;+1;;;/p-1. The Morgan fingerprint density at radius 2 is 0.482 bits per heavy atom. The third-order valence-electron chi connectivity index (χ3n) is 19.8.